The molecule has 0 aliphatic carbocycles. The first-order chi connectivity index (χ1) is 10.3. The van der Waals surface area contributed by atoms with Gasteiger partial charge in [-0.3, -0.25) is 0 Å². The molecule has 1 aromatic carbocycles. The third kappa shape index (κ3) is 6.05. The number of hydrogen-bond donors (Lipinski definition) is 0. The summed E-state index contributed by atoms with van der Waals surface area (Å²) in [5.41, 5.74) is -0.296. The Morgan fingerprint density at radius 1 is 1.00 bits per heavy atom. The minimum atomic E-state index is -3.20. The highest BCUT2D eigenvalue weighted by Crippen LogP contribution is 2.40. The first-order valence-electron chi connectivity index (χ1n) is 8.25. The number of sulfone groups is 1. The van der Waals surface area contributed by atoms with E-state index in [-0.39, 0.29) is 16.4 Å². The molecule has 0 saturated heterocycles. The van der Waals surface area contributed by atoms with Crippen molar-refractivity contribution >= 4 is 18.2 Å². The van der Waals surface area contributed by atoms with Gasteiger partial charge in [0, 0.05) is 0 Å². The zero-order valence-corrected chi connectivity index (χ0v) is 17.5. The maximum absolute atomic E-state index is 12.3. The van der Waals surface area contributed by atoms with E-state index in [4.69, 9.17) is 4.43 Å². The van der Waals surface area contributed by atoms with Crippen molar-refractivity contribution in [3.63, 3.8) is 0 Å². The SMILES string of the molecule is CC(C)(CCCS(=O)(=O)c1ccccc1)O[Si](C)(C)C(C)(C)C. The average Bonchev–Trinajstić information content (AvgIpc) is 2.36. The summed E-state index contributed by atoms with van der Waals surface area (Å²) in [7, 11) is -5.05. The summed E-state index contributed by atoms with van der Waals surface area (Å²) in [5, 5.41) is 0.153. The van der Waals surface area contributed by atoms with Crippen molar-refractivity contribution in [1.29, 1.82) is 0 Å². The fourth-order valence-corrected chi connectivity index (χ4v) is 5.45. The minimum Gasteiger partial charge on any atom is -0.412 e. The monoisotopic (exact) mass is 356 g/mol. The summed E-state index contributed by atoms with van der Waals surface area (Å²) in [6, 6.07) is 8.67. The normalized spacial score (nSPS) is 14.0. The highest BCUT2D eigenvalue weighted by atomic mass is 32.2. The predicted molar refractivity (Wildman–Crippen MR) is 100 cm³/mol. The first kappa shape index (κ1) is 20.4. The smallest absolute Gasteiger partial charge is 0.192 e. The second-order valence-electron chi connectivity index (χ2n) is 8.36. The Hall–Kier alpha value is -0.653. The maximum atomic E-state index is 12.3. The van der Waals surface area contributed by atoms with E-state index in [1.54, 1.807) is 24.3 Å². The molecule has 0 aliphatic rings. The molecule has 23 heavy (non-hydrogen) atoms. The van der Waals surface area contributed by atoms with E-state index in [0.717, 1.165) is 6.42 Å². The van der Waals surface area contributed by atoms with Gasteiger partial charge in [0.1, 0.15) is 0 Å². The lowest BCUT2D eigenvalue weighted by atomic mass is 10.0. The van der Waals surface area contributed by atoms with Crippen LogP contribution >= 0.6 is 0 Å². The minimum absolute atomic E-state index is 0.153. The molecule has 0 spiro atoms. The Balaban J connectivity index is 2.64. The number of hydrogen-bond acceptors (Lipinski definition) is 3. The van der Waals surface area contributed by atoms with Crippen molar-refractivity contribution in [1.82, 2.24) is 0 Å². The van der Waals surface area contributed by atoms with Gasteiger partial charge in [0.2, 0.25) is 0 Å². The van der Waals surface area contributed by atoms with Crippen molar-refractivity contribution in [3.05, 3.63) is 30.3 Å². The van der Waals surface area contributed by atoms with Crippen LogP contribution in [-0.2, 0) is 14.3 Å². The molecular formula is C18H32O3SSi. The Labute approximate surface area is 143 Å². The molecule has 0 fully saturated rings. The molecule has 0 atom stereocenters. The Morgan fingerprint density at radius 3 is 2.00 bits per heavy atom. The Bertz CT molecular complexity index is 599. The molecule has 0 bridgehead atoms. The third-order valence-corrected chi connectivity index (χ3v) is 11.1. The lowest BCUT2D eigenvalue weighted by Crippen LogP contribution is -2.47. The summed E-state index contributed by atoms with van der Waals surface area (Å²) >= 11 is 0. The second kappa shape index (κ2) is 7.07. The van der Waals surface area contributed by atoms with E-state index in [9.17, 15) is 8.42 Å². The van der Waals surface area contributed by atoms with E-state index in [1.807, 2.05) is 6.07 Å². The molecule has 0 unspecified atom stereocenters. The van der Waals surface area contributed by atoms with Gasteiger partial charge in [-0.05, 0) is 57.0 Å². The van der Waals surface area contributed by atoms with Gasteiger partial charge in [-0.1, -0.05) is 39.0 Å². The van der Waals surface area contributed by atoms with Gasteiger partial charge in [0.05, 0.1) is 16.2 Å². The molecule has 1 rings (SSSR count). The quantitative estimate of drug-likeness (QED) is 0.643. The molecule has 3 nitrogen and oxygen atoms in total. The van der Waals surface area contributed by atoms with Crippen molar-refractivity contribution in [3.8, 4) is 0 Å². The van der Waals surface area contributed by atoms with E-state index in [1.165, 1.54) is 0 Å². The number of benzene rings is 1. The van der Waals surface area contributed by atoms with Gasteiger partial charge >= 0.3 is 0 Å². The van der Waals surface area contributed by atoms with Crippen molar-refractivity contribution in [2.24, 2.45) is 0 Å². The summed E-state index contributed by atoms with van der Waals surface area (Å²) in [6.45, 7) is 15.3. The Morgan fingerprint density at radius 2 is 1.52 bits per heavy atom. The van der Waals surface area contributed by atoms with Gasteiger partial charge in [-0.25, -0.2) is 8.42 Å². The highest BCUT2D eigenvalue weighted by Gasteiger charge is 2.41. The third-order valence-electron chi connectivity index (χ3n) is 4.63. The van der Waals surface area contributed by atoms with Crippen LogP contribution in [0, 0.1) is 0 Å². The standard InChI is InChI=1S/C18H32O3SSi/c1-17(2,3)23(6,7)21-18(4,5)14-11-15-22(19,20)16-12-9-8-10-13-16/h8-10,12-13H,11,14-15H2,1-7H3. The average molecular weight is 357 g/mol. The molecule has 1 aromatic rings. The lowest BCUT2D eigenvalue weighted by molar-refractivity contribution is 0.0818. The molecule has 0 aliphatic heterocycles. The van der Waals surface area contributed by atoms with Gasteiger partial charge in [-0.2, -0.15) is 0 Å². The summed E-state index contributed by atoms with van der Waals surface area (Å²) in [5.74, 6) is 0.168. The molecular weight excluding hydrogens is 324 g/mol. The van der Waals surface area contributed by atoms with Gasteiger partial charge in [0.15, 0.2) is 18.2 Å². The zero-order valence-electron chi connectivity index (χ0n) is 15.6. The topological polar surface area (TPSA) is 43.4 Å². The van der Waals surface area contributed by atoms with Crippen molar-refractivity contribution in [2.45, 2.75) is 76.1 Å². The maximum Gasteiger partial charge on any atom is 0.192 e. The van der Waals surface area contributed by atoms with Crippen molar-refractivity contribution < 1.29 is 12.8 Å². The predicted octanol–water partition coefficient (Wildman–Crippen LogP) is 5.04. The van der Waals surface area contributed by atoms with E-state index in [2.05, 4.69) is 47.7 Å². The van der Waals surface area contributed by atoms with Crippen molar-refractivity contribution in [2.75, 3.05) is 5.75 Å². The summed E-state index contributed by atoms with van der Waals surface area (Å²) < 4.78 is 31.1. The highest BCUT2D eigenvalue weighted by molar-refractivity contribution is 7.91. The van der Waals surface area contributed by atoms with E-state index >= 15 is 0 Å². The van der Waals surface area contributed by atoms with Crippen LogP contribution in [0.5, 0.6) is 0 Å². The van der Waals surface area contributed by atoms with Crippen LogP contribution < -0.4 is 0 Å². The van der Waals surface area contributed by atoms with Crippen LogP contribution in [0.15, 0.2) is 35.2 Å². The molecule has 0 saturated carbocycles. The van der Waals surface area contributed by atoms with Crippen LogP contribution in [0.1, 0.15) is 47.5 Å². The van der Waals surface area contributed by atoms with Gasteiger partial charge in [-0.15, -0.1) is 0 Å². The summed E-state index contributed by atoms with van der Waals surface area (Å²) in [4.78, 5) is 0.406. The fourth-order valence-electron chi connectivity index (χ4n) is 2.33. The Kier molecular flexibility index (Phi) is 6.27. The molecule has 0 amide bonds. The summed E-state index contributed by atoms with van der Waals surface area (Å²) in [6.07, 6.45) is 1.35. The zero-order chi connectivity index (χ0) is 17.9. The molecule has 0 N–H and O–H groups in total. The van der Waals surface area contributed by atoms with Crippen LogP contribution in [0.4, 0.5) is 0 Å². The molecule has 0 heterocycles. The lowest BCUT2D eigenvalue weighted by Gasteiger charge is -2.43. The van der Waals surface area contributed by atoms with E-state index in [0.29, 0.717) is 11.3 Å². The van der Waals surface area contributed by atoms with Crippen LogP contribution in [0.2, 0.25) is 18.1 Å². The van der Waals surface area contributed by atoms with Crippen LogP contribution in [0.25, 0.3) is 0 Å². The molecule has 0 aromatic heterocycles. The number of rotatable bonds is 7. The fraction of sp³-hybridized carbons (Fsp3) is 0.667. The second-order valence-corrected chi connectivity index (χ2v) is 15.2. The van der Waals surface area contributed by atoms with Crippen LogP contribution in [-0.4, -0.2) is 28.1 Å². The molecule has 5 heteroatoms. The molecule has 132 valence electrons. The largest absolute Gasteiger partial charge is 0.412 e. The molecule has 0 radical (unpaired) electrons. The first-order valence-corrected chi connectivity index (χ1v) is 12.8. The van der Waals surface area contributed by atoms with Gasteiger partial charge in [0.25, 0.3) is 0 Å². The van der Waals surface area contributed by atoms with E-state index < -0.39 is 18.2 Å². The van der Waals surface area contributed by atoms with Crippen LogP contribution in [0.3, 0.4) is 0 Å². The van der Waals surface area contributed by atoms with Gasteiger partial charge < -0.3 is 4.43 Å².